The predicted octanol–water partition coefficient (Wildman–Crippen LogP) is 3.76. The highest BCUT2D eigenvalue weighted by Gasteiger charge is 1.88. The fourth-order valence-electron chi connectivity index (χ4n) is 1.21. The number of hydrogen-bond donors (Lipinski definition) is 0. The standard InChI is InChI=1S/C8H9N.C7H7N/c1-3-8-7(2)5-4-6-9-8;1-2-7-5-3-4-6-8-7/h3-6H,1H2,2H3;2-6H,1H2. The molecule has 86 valence electrons. The molecule has 0 atom stereocenters. The van der Waals surface area contributed by atoms with E-state index in [1.165, 1.54) is 5.56 Å². The average molecular weight is 224 g/mol. The molecule has 2 heteroatoms. The molecule has 0 bridgehead atoms. The highest BCUT2D eigenvalue weighted by Crippen LogP contribution is 2.02. The Morgan fingerprint density at radius 2 is 1.71 bits per heavy atom. The Balaban J connectivity index is 0.000000171. The first kappa shape index (κ1) is 12.8. The van der Waals surface area contributed by atoms with Gasteiger partial charge in [0.05, 0.1) is 11.4 Å². The van der Waals surface area contributed by atoms with E-state index in [9.17, 15) is 0 Å². The van der Waals surface area contributed by atoms with Crippen molar-refractivity contribution in [1.82, 2.24) is 9.97 Å². The Morgan fingerprint density at radius 3 is 2.12 bits per heavy atom. The lowest BCUT2D eigenvalue weighted by Gasteiger charge is -1.94. The molecule has 0 saturated carbocycles. The number of nitrogens with zero attached hydrogens (tertiary/aromatic N) is 2. The fraction of sp³-hybridized carbons (Fsp3) is 0.0667. The predicted molar refractivity (Wildman–Crippen MR) is 73.4 cm³/mol. The monoisotopic (exact) mass is 224 g/mol. The number of aromatic nitrogens is 2. The van der Waals surface area contributed by atoms with Gasteiger partial charge in [-0.2, -0.15) is 0 Å². The molecule has 2 rings (SSSR count). The van der Waals surface area contributed by atoms with Crippen LogP contribution in [-0.2, 0) is 0 Å². The summed E-state index contributed by atoms with van der Waals surface area (Å²) in [5, 5.41) is 0. The van der Waals surface area contributed by atoms with Gasteiger partial charge in [-0.3, -0.25) is 9.97 Å². The van der Waals surface area contributed by atoms with Crippen molar-refractivity contribution in [3.63, 3.8) is 0 Å². The van der Waals surface area contributed by atoms with Crippen LogP contribution in [0.25, 0.3) is 12.2 Å². The molecular weight excluding hydrogens is 208 g/mol. The molecule has 2 nitrogen and oxygen atoms in total. The van der Waals surface area contributed by atoms with Gasteiger partial charge in [-0.25, -0.2) is 0 Å². The van der Waals surface area contributed by atoms with Crippen LogP contribution in [0.2, 0.25) is 0 Å². The lowest BCUT2D eigenvalue weighted by atomic mass is 10.2. The Labute approximate surface area is 102 Å². The molecule has 0 unspecified atom stereocenters. The topological polar surface area (TPSA) is 25.8 Å². The van der Waals surface area contributed by atoms with E-state index < -0.39 is 0 Å². The average Bonchev–Trinajstić information content (AvgIpc) is 2.41. The highest BCUT2D eigenvalue weighted by molar-refractivity contribution is 5.45. The molecule has 0 radical (unpaired) electrons. The molecule has 0 aliphatic rings. The summed E-state index contributed by atoms with van der Waals surface area (Å²) in [4.78, 5) is 8.06. The van der Waals surface area contributed by atoms with E-state index >= 15 is 0 Å². The Hall–Kier alpha value is -2.22. The molecule has 0 saturated heterocycles. The smallest absolute Gasteiger partial charge is 0.0652 e. The zero-order valence-corrected chi connectivity index (χ0v) is 10.0. The SMILES string of the molecule is C=Cc1ccccn1.C=Cc1ncccc1C. The number of aryl methyl sites for hydroxylation is 1. The molecule has 2 heterocycles. The molecule has 0 fully saturated rings. The van der Waals surface area contributed by atoms with Gasteiger partial charge >= 0.3 is 0 Å². The second-order valence-corrected chi connectivity index (χ2v) is 3.37. The zero-order valence-electron chi connectivity index (χ0n) is 10.0. The molecular formula is C15H16N2. The minimum atomic E-state index is 0.924. The van der Waals surface area contributed by atoms with Gasteiger partial charge < -0.3 is 0 Å². The van der Waals surface area contributed by atoms with Crippen LogP contribution in [0.5, 0.6) is 0 Å². The highest BCUT2D eigenvalue weighted by atomic mass is 14.7. The summed E-state index contributed by atoms with van der Waals surface area (Å²) in [5.74, 6) is 0. The third kappa shape index (κ3) is 4.43. The van der Waals surface area contributed by atoms with Crippen LogP contribution in [-0.4, -0.2) is 9.97 Å². The van der Waals surface area contributed by atoms with Crippen molar-refractivity contribution in [3.05, 3.63) is 72.8 Å². The van der Waals surface area contributed by atoms with Gasteiger partial charge in [0.15, 0.2) is 0 Å². The van der Waals surface area contributed by atoms with Crippen molar-refractivity contribution in [3.8, 4) is 0 Å². The summed E-state index contributed by atoms with van der Waals surface area (Å²) >= 11 is 0. The summed E-state index contributed by atoms with van der Waals surface area (Å²) in [6.45, 7) is 9.22. The van der Waals surface area contributed by atoms with Crippen LogP contribution in [0.3, 0.4) is 0 Å². The van der Waals surface area contributed by atoms with Crippen molar-refractivity contribution in [2.45, 2.75) is 6.92 Å². The minimum absolute atomic E-state index is 0.924. The molecule has 2 aromatic rings. The first-order valence-corrected chi connectivity index (χ1v) is 5.35. The van der Waals surface area contributed by atoms with Crippen molar-refractivity contribution < 1.29 is 0 Å². The van der Waals surface area contributed by atoms with Crippen LogP contribution in [0.15, 0.2) is 55.9 Å². The fourth-order valence-corrected chi connectivity index (χ4v) is 1.21. The third-order valence-corrected chi connectivity index (χ3v) is 2.14. The molecule has 0 spiro atoms. The van der Waals surface area contributed by atoms with Gasteiger partial charge in [0.1, 0.15) is 0 Å². The summed E-state index contributed by atoms with van der Waals surface area (Å²) in [6.07, 6.45) is 7.00. The third-order valence-electron chi connectivity index (χ3n) is 2.14. The Morgan fingerprint density at radius 1 is 0.941 bits per heavy atom. The summed E-state index contributed by atoms with van der Waals surface area (Å²) < 4.78 is 0. The van der Waals surface area contributed by atoms with Crippen LogP contribution < -0.4 is 0 Å². The maximum Gasteiger partial charge on any atom is 0.0652 e. The summed E-state index contributed by atoms with van der Waals surface area (Å²) in [7, 11) is 0. The second kappa shape index (κ2) is 7.12. The van der Waals surface area contributed by atoms with Gasteiger partial charge in [-0.1, -0.05) is 25.3 Å². The number of hydrogen-bond acceptors (Lipinski definition) is 2. The van der Waals surface area contributed by atoms with E-state index in [0.29, 0.717) is 0 Å². The molecule has 0 aliphatic heterocycles. The second-order valence-electron chi connectivity index (χ2n) is 3.37. The quantitative estimate of drug-likeness (QED) is 0.776. The van der Waals surface area contributed by atoms with E-state index in [1.807, 2.05) is 37.3 Å². The van der Waals surface area contributed by atoms with Crippen molar-refractivity contribution in [2.75, 3.05) is 0 Å². The van der Waals surface area contributed by atoms with Crippen LogP contribution in [0, 0.1) is 6.92 Å². The molecule has 2 aromatic heterocycles. The molecule has 17 heavy (non-hydrogen) atoms. The van der Waals surface area contributed by atoms with E-state index in [-0.39, 0.29) is 0 Å². The van der Waals surface area contributed by atoms with Crippen LogP contribution in [0.1, 0.15) is 17.0 Å². The molecule has 0 N–H and O–H groups in total. The first-order chi connectivity index (χ1) is 8.27. The van der Waals surface area contributed by atoms with Gasteiger partial charge in [-0.05, 0) is 42.8 Å². The molecule has 0 amide bonds. The Kier molecular flexibility index (Phi) is 5.38. The lowest BCUT2D eigenvalue weighted by Crippen LogP contribution is -1.82. The van der Waals surface area contributed by atoms with Crippen LogP contribution >= 0.6 is 0 Å². The number of pyridine rings is 2. The van der Waals surface area contributed by atoms with E-state index in [1.54, 1.807) is 24.5 Å². The first-order valence-electron chi connectivity index (χ1n) is 5.35. The molecule has 0 aliphatic carbocycles. The maximum atomic E-state index is 4.08. The molecule has 0 aromatic carbocycles. The van der Waals surface area contributed by atoms with E-state index in [2.05, 4.69) is 23.1 Å². The zero-order chi connectivity index (χ0) is 12.5. The summed E-state index contributed by atoms with van der Waals surface area (Å²) in [6, 6.07) is 9.66. The van der Waals surface area contributed by atoms with E-state index in [0.717, 1.165) is 11.4 Å². The maximum absolute atomic E-state index is 4.08. The Bertz CT molecular complexity index is 475. The minimum Gasteiger partial charge on any atom is -0.257 e. The van der Waals surface area contributed by atoms with Crippen molar-refractivity contribution in [2.24, 2.45) is 0 Å². The van der Waals surface area contributed by atoms with Gasteiger partial charge in [-0.15, -0.1) is 0 Å². The number of rotatable bonds is 2. The van der Waals surface area contributed by atoms with Gasteiger partial charge in [0.25, 0.3) is 0 Å². The van der Waals surface area contributed by atoms with Crippen LogP contribution in [0.4, 0.5) is 0 Å². The van der Waals surface area contributed by atoms with Crippen molar-refractivity contribution >= 4 is 12.2 Å². The largest absolute Gasteiger partial charge is 0.257 e. The van der Waals surface area contributed by atoms with Gasteiger partial charge in [0.2, 0.25) is 0 Å². The van der Waals surface area contributed by atoms with E-state index in [4.69, 9.17) is 0 Å². The normalized spacial score (nSPS) is 8.76. The van der Waals surface area contributed by atoms with Gasteiger partial charge in [0, 0.05) is 12.4 Å². The summed E-state index contributed by atoms with van der Waals surface area (Å²) in [5.41, 5.74) is 3.07. The lowest BCUT2D eigenvalue weighted by molar-refractivity contribution is 1.24. The van der Waals surface area contributed by atoms with Crippen molar-refractivity contribution in [1.29, 1.82) is 0 Å².